The molecule has 0 aliphatic rings. The first kappa shape index (κ1) is 22.3. The smallest absolute Gasteiger partial charge is 0.192 e. The number of nitrogens with zero attached hydrogens (tertiary/aromatic N) is 2. The zero-order chi connectivity index (χ0) is 24.3. The van der Waals surface area contributed by atoms with Crippen molar-refractivity contribution in [1.29, 1.82) is 0 Å². The van der Waals surface area contributed by atoms with Crippen molar-refractivity contribution in [3.05, 3.63) is 150 Å². The number of hydrogen-bond acceptors (Lipinski definition) is 3. The fraction of sp³-hybridized carbons (Fsp3) is 0.0303. The third kappa shape index (κ3) is 4.30. The van der Waals surface area contributed by atoms with Crippen LogP contribution in [0.3, 0.4) is 0 Å². The van der Waals surface area contributed by atoms with E-state index in [1.165, 1.54) is 43.8 Å². The normalized spacial score (nSPS) is 11.0. The highest BCUT2D eigenvalue weighted by atomic mass is 32.2. The molecule has 0 atom stereocenters. The van der Waals surface area contributed by atoms with Gasteiger partial charge < -0.3 is 0 Å². The van der Waals surface area contributed by atoms with Crippen LogP contribution in [0.1, 0.15) is 22.3 Å². The third-order valence-corrected chi connectivity index (χ3v) is 7.43. The molecule has 0 aliphatic heterocycles. The molecule has 6 rings (SSSR count). The Hall–Kier alpha value is -4.21. The summed E-state index contributed by atoms with van der Waals surface area (Å²) in [5.41, 5.74) is 5.96. The molecule has 1 aromatic heterocycles. The highest BCUT2D eigenvalue weighted by Crippen LogP contribution is 2.45. The van der Waals surface area contributed by atoms with E-state index in [2.05, 4.69) is 126 Å². The molecular weight excluding hydrogens is 456 g/mol. The lowest BCUT2D eigenvalue weighted by Crippen LogP contribution is -1.97. The van der Waals surface area contributed by atoms with Crippen molar-refractivity contribution in [2.24, 2.45) is 0 Å². The minimum absolute atomic E-state index is 0.728. The molecule has 36 heavy (non-hydrogen) atoms. The first-order chi connectivity index (χ1) is 17.8. The average Bonchev–Trinajstić information content (AvgIpc) is 2.94. The van der Waals surface area contributed by atoms with Gasteiger partial charge in [0, 0.05) is 22.9 Å². The van der Waals surface area contributed by atoms with Crippen molar-refractivity contribution in [2.75, 3.05) is 0 Å². The first-order valence-electron chi connectivity index (χ1n) is 12.0. The molecule has 0 N–H and O–H groups in total. The largest absolute Gasteiger partial charge is 0.231 e. The molecule has 0 fully saturated rings. The van der Waals surface area contributed by atoms with Gasteiger partial charge in [0.25, 0.3) is 0 Å². The molecule has 3 heteroatoms. The van der Waals surface area contributed by atoms with E-state index < -0.39 is 0 Å². The Balaban J connectivity index is 1.75. The molecule has 0 unspecified atom stereocenters. The molecule has 5 aromatic carbocycles. The maximum absolute atomic E-state index is 4.57. The van der Waals surface area contributed by atoms with Crippen LogP contribution in [0.15, 0.2) is 133 Å². The second kappa shape index (κ2) is 9.80. The molecule has 0 spiro atoms. The second-order valence-electron chi connectivity index (χ2n) is 8.76. The lowest BCUT2D eigenvalue weighted by Gasteiger charge is -2.19. The summed E-state index contributed by atoms with van der Waals surface area (Å²) in [5.74, 6) is 0. The van der Waals surface area contributed by atoms with Gasteiger partial charge in [-0.1, -0.05) is 115 Å². The van der Waals surface area contributed by atoms with E-state index in [9.17, 15) is 0 Å². The SMILES string of the molecule is Cc1ccc(C(Sc2ncccn2)=C(c2cccc3ccccc23)c2cccc3ccccc23)cc1. The predicted molar refractivity (Wildman–Crippen MR) is 153 cm³/mol. The summed E-state index contributed by atoms with van der Waals surface area (Å²) in [6.07, 6.45) is 3.61. The summed E-state index contributed by atoms with van der Waals surface area (Å²) in [6.45, 7) is 2.12. The van der Waals surface area contributed by atoms with Crippen LogP contribution in [0.2, 0.25) is 0 Å². The predicted octanol–water partition coefficient (Wildman–Crippen LogP) is 8.80. The van der Waals surface area contributed by atoms with Crippen LogP contribution in [0.5, 0.6) is 0 Å². The number of aryl methyl sites for hydroxylation is 1. The molecule has 0 radical (unpaired) electrons. The van der Waals surface area contributed by atoms with Crippen molar-refractivity contribution < 1.29 is 0 Å². The summed E-state index contributed by atoms with van der Waals surface area (Å²) in [6, 6.07) is 41.0. The topological polar surface area (TPSA) is 25.8 Å². The van der Waals surface area contributed by atoms with E-state index >= 15 is 0 Å². The van der Waals surface area contributed by atoms with E-state index in [1.54, 1.807) is 24.2 Å². The summed E-state index contributed by atoms with van der Waals surface area (Å²) in [5, 5.41) is 5.62. The van der Waals surface area contributed by atoms with Gasteiger partial charge >= 0.3 is 0 Å². The highest BCUT2D eigenvalue weighted by molar-refractivity contribution is 8.08. The van der Waals surface area contributed by atoms with Gasteiger partial charge in [0.05, 0.1) is 0 Å². The molecule has 172 valence electrons. The Kier molecular flexibility index (Phi) is 6.06. The minimum atomic E-state index is 0.728. The quantitative estimate of drug-likeness (QED) is 0.140. The van der Waals surface area contributed by atoms with E-state index in [0.29, 0.717) is 0 Å². The number of aromatic nitrogens is 2. The summed E-state index contributed by atoms with van der Waals surface area (Å²) in [7, 11) is 0. The molecule has 1 heterocycles. The van der Waals surface area contributed by atoms with Crippen LogP contribution in [-0.4, -0.2) is 9.97 Å². The number of thioether (sulfide) groups is 1. The molecular formula is C33H24N2S. The van der Waals surface area contributed by atoms with Gasteiger partial charge in [0.15, 0.2) is 5.16 Å². The molecule has 0 saturated heterocycles. The van der Waals surface area contributed by atoms with Crippen LogP contribution in [-0.2, 0) is 0 Å². The second-order valence-corrected chi connectivity index (χ2v) is 9.73. The fourth-order valence-corrected chi connectivity index (χ4v) is 5.65. The van der Waals surface area contributed by atoms with Crippen molar-refractivity contribution in [3.63, 3.8) is 0 Å². The van der Waals surface area contributed by atoms with Crippen molar-refractivity contribution >= 4 is 43.8 Å². The zero-order valence-electron chi connectivity index (χ0n) is 19.9. The monoisotopic (exact) mass is 480 g/mol. The van der Waals surface area contributed by atoms with E-state index in [1.807, 2.05) is 6.07 Å². The Labute approximate surface area is 215 Å². The highest BCUT2D eigenvalue weighted by Gasteiger charge is 2.20. The van der Waals surface area contributed by atoms with Gasteiger partial charge in [-0.3, -0.25) is 0 Å². The van der Waals surface area contributed by atoms with Gasteiger partial charge in [-0.25, -0.2) is 9.97 Å². The van der Waals surface area contributed by atoms with Gasteiger partial charge in [0.2, 0.25) is 0 Å². The van der Waals surface area contributed by atoms with Gasteiger partial charge in [0.1, 0.15) is 0 Å². The third-order valence-electron chi connectivity index (χ3n) is 6.39. The van der Waals surface area contributed by atoms with Crippen molar-refractivity contribution in [3.8, 4) is 0 Å². The van der Waals surface area contributed by atoms with Crippen LogP contribution in [0.4, 0.5) is 0 Å². The Morgan fingerprint density at radius 1 is 0.556 bits per heavy atom. The van der Waals surface area contributed by atoms with Gasteiger partial charge in [-0.05, 0) is 63.0 Å². The number of fused-ring (bicyclic) bond motifs is 2. The maximum atomic E-state index is 4.57. The summed E-state index contributed by atoms with van der Waals surface area (Å²) < 4.78 is 0. The lowest BCUT2D eigenvalue weighted by atomic mass is 9.88. The molecule has 0 saturated carbocycles. The molecule has 2 nitrogen and oxygen atoms in total. The number of rotatable bonds is 5. The van der Waals surface area contributed by atoms with E-state index in [0.717, 1.165) is 15.6 Å². The van der Waals surface area contributed by atoms with Gasteiger partial charge in [-0.2, -0.15) is 0 Å². The minimum Gasteiger partial charge on any atom is -0.231 e. The van der Waals surface area contributed by atoms with Gasteiger partial charge in [-0.15, -0.1) is 0 Å². The Bertz CT molecular complexity index is 1610. The first-order valence-corrected chi connectivity index (χ1v) is 12.8. The van der Waals surface area contributed by atoms with Crippen LogP contribution < -0.4 is 0 Å². The van der Waals surface area contributed by atoms with E-state index in [4.69, 9.17) is 0 Å². The standard InChI is InChI=1S/C33H24N2S/c1-23-17-19-26(20-18-23)32(36-33-34-21-8-22-35-33)31(29-15-6-11-24-9-2-4-13-27(24)29)30-16-7-12-25-10-3-5-14-28(25)30/h2-22H,1H3. The molecule has 0 amide bonds. The summed E-state index contributed by atoms with van der Waals surface area (Å²) >= 11 is 1.62. The molecule has 0 bridgehead atoms. The lowest BCUT2D eigenvalue weighted by molar-refractivity contribution is 0.972. The number of benzene rings is 5. The van der Waals surface area contributed by atoms with Crippen LogP contribution in [0.25, 0.3) is 32.0 Å². The zero-order valence-corrected chi connectivity index (χ0v) is 20.7. The van der Waals surface area contributed by atoms with Crippen molar-refractivity contribution in [1.82, 2.24) is 9.97 Å². The number of hydrogen-bond donors (Lipinski definition) is 0. The average molecular weight is 481 g/mol. The molecule has 0 aliphatic carbocycles. The van der Waals surface area contributed by atoms with Crippen LogP contribution in [0, 0.1) is 6.92 Å². The van der Waals surface area contributed by atoms with Crippen LogP contribution >= 0.6 is 11.8 Å². The van der Waals surface area contributed by atoms with Crippen molar-refractivity contribution in [2.45, 2.75) is 12.1 Å². The Morgan fingerprint density at radius 3 is 1.67 bits per heavy atom. The Morgan fingerprint density at radius 2 is 1.08 bits per heavy atom. The summed E-state index contributed by atoms with van der Waals surface area (Å²) in [4.78, 5) is 10.3. The fourth-order valence-electron chi connectivity index (χ4n) is 4.67. The molecule has 6 aromatic rings. The maximum Gasteiger partial charge on any atom is 0.192 e. The van der Waals surface area contributed by atoms with E-state index in [-0.39, 0.29) is 0 Å².